The Hall–Kier alpha value is -3.60. The number of hydrogen-bond donors (Lipinski definition) is 3. The van der Waals surface area contributed by atoms with Crippen molar-refractivity contribution in [3.8, 4) is 6.07 Å². The Balaban J connectivity index is 2.07. The number of urea groups is 1. The van der Waals surface area contributed by atoms with Crippen LogP contribution in [0.15, 0.2) is 42.5 Å². The van der Waals surface area contributed by atoms with Gasteiger partial charge in [-0.1, -0.05) is 12.1 Å². The molecule has 0 aliphatic rings. The molecule has 4 N–H and O–H groups in total. The molecule has 0 aromatic heterocycles. The van der Waals surface area contributed by atoms with Crippen molar-refractivity contribution in [1.82, 2.24) is 0 Å². The summed E-state index contributed by atoms with van der Waals surface area (Å²) < 4.78 is 0. The Labute approximate surface area is 131 Å². The third-order valence-corrected chi connectivity index (χ3v) is 3.04. The molecule has 2 amide bonds. The second-order valence-corrected chi connectivity index (χ2v) is 4.64. The molecule has 0 atom stereocenters. The fourth-order valence-electron chi connectivity index (χ4n) is 1.94. The van der Waals surface area contributed by atoms with Crippen molar-refractivity contribution in [3.05, 3.63) is 63.7 Å². The number of primary amides is 1. The molecule has 0 bridgehead atoms. The highest BCUT2D eigenvalue weighted by Gasteiger charge is 2.10. The van der Waals surface area contributed by atoms with E-state index in [1.54, 1.807) is 24.3 Å². The molecule has 0 saturated heterocycles. The summed E-state index contributed by atoms with van der Waals surface area (Å²) in [6.07, 6.45) is 0. The zero-order chi connectivity index (χ0) is 16.8. The Morgan fingerprint density at radius 1 is 1.26 bits per heavy atom. The van der Waals surface area contributed by atoms with E-state index >= 15 is 0 Å². The number of rotatable bonds is 5. The molecule has 23 heavy (non-hydrogen) atoms. The lowest BCUT2D eigenvalue weighted by Gasteiger charge is -2.09. The molecule has 2 rings (SSSR count). The largest absolute Gasteiger partial charge is 0.380 e. The average molecular weight is 311 g/mol. The van der Waals surface area contributed by atoms with E-state index < -0.39 is 11.0 Å². The summed E-state index contributed by atoms with van der Waals surface area (Å²) in [6.45, 7) is 0.420. The van der Waals surface area contributed by atoms with Crippen molar-refractivity contribution in [2.24, 2.45) is 5.73 Å². The maximum Gasteiger partial charge on any atom is 0.316 e. The minimum absolute atomic E-state index is 0.131. The number of nitrogens with one attached hydrogen (secondary N) is 2. The molecule has 8 nitrogen and oxygen atoms in total. The van der Waals surface area contributed by atoms with E-state index in [0.717, 1.165) is 5.56 Å². The summed E-state index contributed by atoms with van der Waals surface area (Å²) in [5, 5.41) is 25.3. The molecule has 2 aromatic rings. The van der Waals surface area contributed by atoms with Gasteiger partial charge >= 0.3 is 6.03 Å². The van der Waals surface area contributed by atoms with Gasteiger partial charge in [0.25, 0.3) is 5.69 Å². The smallest absolute Gasteiger partial charge is 0.316 e. The van der Waals surface area contributed by atoms with Crippen molar-refractivity contribution >= 4 is 23.1 Å². The Morgan fingerprint density at radius 3 is 2.52 bits per heavy atom. The SMILES string of the molecule is N#Cc1cc([N+](=O)[O-])ccc1NCc1ccc(NC(N)=O)cc1. The lowest BCUT2D eigenvalue weighted by molar-refractivity contribution is -0.384. The first-order valence-corrected chi connectivity index (χ1v) is 6.57. The van der Waals surface area contributed by atoms with E-state index in [4.69, 9.17) is 11.0 Å². The van der Waals surface area contributed by atoms with Gasteiger partial charge in [0.2, 0.25) is 0 Å². The zero-order valence-electron chi connectivity index (χ0n) is 11.9. The number of nitrogens with two attached hydrogens (primary N) is 1. The number of anilines is 2. The van der Waals surface area contributed by atoms with E-state index in [-0.39, 0.29) is 11.3 Å². The molecule has 116 valence electrons. The van der Waals surface area contributed by atoms with E-state index in [1.165, 1.54) is 18.2 Å². The van der Waals surface area contributed by atoms with Gasteiger partial charge < -0.3 is 16.4 Å². The molecule has 0 aliphatic heterocycles. The number of nitro groups is 1. The molecular weight excluding hydrogens is 298 g/mol. The van der Waals surface area contributed by atoms with Crippen LogP contribution in [0.3, 0.4) is 0 Å². The fourth-order valence-corrected chi connectivity index (χ4v) is 1.94. The fraction of sp³-hybridized carbons (Fsp3) is 0.0667. The first kappa shape index (κ1) is 15.8. The molecule has 0 radical (unpaired) electrons. The van der Waals surface area contributed by atoms with Crippen molar-refractivity contribution < 1.29 is 9.72 Å². The number of amides is 2. The maximum absolute atomic E-state index is 10.7. The van der Waals surface area contributed by atoms with Crippen LogP contribution in [0, 0.1) is 21.4 Å². The summed E-state index contributed by atoms with van der Waals surface area (Å²) in [5.74, 6) is 0. The summed E-state index contributed by atoms with van der Waals surface area (Å²) in [6, 6.07) is 12.3. The second kappa shape index (κ2) is 6.91. The highest BCUT2D eigenvalue weighted by molar-refractivity contribution is 5.87. The van der Waals surface area contributed by atoms with Crippen molar-refractivity contribution in [2.75, 3.05) is 10.6 Å². The van der Waals surface area contributed by atoms with Gasteiger partial charge in [-0.2, -0.15) is 5.26 Å². The average Bonchev–Trinajstić information content (AvgIpc) is 2.53. The summed E-state index contributed by atoms with van der Waals surface area (Å²) in [4.78, 5) is 20.9. The predicted octanol–water partition coefficient (Wildman–Crippen LogP) is 2.57. The van der Waals surface area contributed by atoms with Crippen LogP contribution in [-0.2, 0) is 6.54 Å². The zero-order valence-corrected chi connectivity index (χ0v) is 11.9. The van der Waals surface area contributed by atoms with Crippen LogP contribution < -0.4 is 16.4 Å². The van der Waals surface area contributed by atoms with E-state index in [2.05, 4.69) is 10.6 Å². The van der Waals surface area contributed by atoms with Crippen LogP contribution >= 0.6 is 0 Å². The van der Waals surface area contributed by atoms with Gasteiger partial charge in [-0.15, -0.1) is 0 Å². The van der Waals surface area contributed by atoms with Crippen LogP contribution in [-0.4, -0.2) is 11.0 Å². The van der Waals surface area contributed by atoms with Crippen LogP contribution in [0.4, 0.5) is 21.9 Å². The molecule has 0 saturated carbocycles. The third-order valence-electron chi connectivity index (χ3n) is 3.04. The molecule has 8 heteroatoms. The summed E-state index contributed by atoms with van der Waals surface area (Å²) >= 11 is 0. The molecule has 0 unspecified atom stereocenters. The standard InChI is InChI=1S/C15H13N5O3/c16-8-11-7-13(20(22)23)5-6-14(11)18-9-10-1-3-12(4-2-10)19-15(17)21/h1-7,18H,9H2,(H3,17,19,21). The molecule has 0 heterocycles. The Bertz CT molecular complexity index is 781. The predicted molar refractivity (Wildman–Crippen MR) is 84.8 cm³/mol. The van der Waals surface area contributed by atoms with E-state index in [1.807, 2.05) is 6.07 Å². The molecule has 0 spiro atoms. The number of nitriles is 1. The topological polar surface area (TPSA) is 134 Å². The molecular formula is C15H13N5O3. The van der Waals surface area contributed by atoms with Crippen LogP contribution in [0.1, 0.15) is 11.1 Å². The Kier molecular flexibility index (Phi) is 4.74. The van der Waals surface area contributed by atoms with Gasteiger partial charge in [-0.3, -0.25) is 10.1 Å². The first-order valence-electron chi connectivity index (χ1n) is 6.57. The summed E-state index contributed by atoms with van der Waals surface area (Å²) in [5.41, 5.74) is 7.09. The van der Waals surface area contributed by atoms with Gasteiger partial charge in [0.1, 0.15) is 6.07 Å². The number of nitro benzene ring substituents is 1. The van der Waals surface area contributed by atoms with E-state index in [9.17, 15) is 14.9 Å². The normalized spacial score (nSPS) is 9.70. The number of carbonyl (C=O) groups is 1. The quantitative estimate of drug-likeness (QED) is 0.576. The lowest BCUT2D eigenvalue weighted by atomic mass is 10.1. The first-order chi connectivity index (χ1) is 11.0. The third kappa shape index (κ3) is 4.18. The van der Waals surface area contributed by atoms with Gasteiger partial charge in [-0.25, -0.2) is 4.79 Å². The van der Waals surface area contributed by atoms with Crippen molar-refractivity contribution in [2.45, 2.75) is 6.54 Å². The van der Waals surface area contributed by atoms with Gasteiger partial charge in [-0.05, 0) is 23.8 Å². The number of benzene rings is 2. The minimum atomic E-state index is -0.639. The van der Waals surface area contributed by atoms with E-state index in [0.29, 0.717) is 17.9 Å². The molecule has 0 aliphatic carbocycles. The lowest BCUT2D eigenvalue weighted by Crippen LogP contribution is -2.19. The number of hydrogen-bond acceptors (Lipinski definition) is 5. The van der Waals surface area contributed by atoms with Crippen LogP contribution in [0.5, 0.6) is 0 Å². The number of non-ortho nitro benzene ring substituents is 1. The van der Waals surface area contributed by atoms with Gasteiger partial charge in [0.15, 0.2) is 0 Å². The maximum atomic E-state index is 10.7. The van der Waals surface area contributed by atoms with Crippen LogP contribution in [0.25, 0.3) is 0 Å². The van der Waals surface area contributed by atoms with Crippen molar-refractivity contribution in [3.63, 3.8) is 0 Å². The minimum Gasteiger partial charge on any atom is -0.380 e. The number of nitrogens with zero attached hydrogens (tertiary/aromatic N) is 2. The highest BCUT2D eigenvalue weighted by atomic mass is 16.6. The van der Waals surface area contributed by atoms with Gasteiger partial charge in [0.05, 0.1) is 16.2 Å². The number of carbonyl (C=O) groups excluding carboxylic acids is 1. The molecule has 2 aromatic carbocycles. The highest BCUT2D eigenvalue weighted by Crippen LogP contribution is 2.22. The Morgan fingerprint density at radius 2 is 1.96 bits per heavy atom. The molecule has 0 fully saturated rings. The second-order valence-electron chi connectivity index (χ2n) is 4.64. The van der Waals surface area contributed by atoms with Crippen LogP contribution in [0.2, 0.25) is 0 Å². The van der Waals surface area contributed by atoms with Gasteiger partial charge in [0, 0.05) is 24.4 Å². The van der Waals surface area contributed by atoms with Crippen molar-refractivity contribution in [1.29, 1.82) is 5.26 Å². The summed E-state index contributed by atoms with van der Waals surface area (Å²) in [7, 11) is 0. The monoisotopic (exact) mass is 311 g/mol.